The first kappa shape index (κ1) is 19.6. The Bertz CT molecular complexity index is 935. The predicted octanol–water partition coefficient (Wildman–Crippen LogP) is 4.69. The second kappa shape index (κ2) is 8.03. The number of benzene rings is 2. The van der Waals surface area contributed by atoms with Crippen LogP contribution in [0, 0.1) is 0 Å². The summed E-state index contributed by atoms with van der Waals surface area (Å²) in [6.07, 6.45) is 7.13. The van der Waals surface area contributed by atoms with Gasteiger partial charge in [0, 0.05) is 24.7 Å². The van der Waals surface area contributed by atoms with Gasteiger partial charge in [-0.1, -0.05) is 6.07 Å². The minimum atomic E-state index is 0.321. The summed E-state index contributed by atoms with van der Waals surface area (Å²) in [4.78, 5) is 2.58. The molecule has 1 fully saturated rings. The molecule has 0 amide bonds. The Balaban J connectivity index is 1.51. The van der Waals surface area contributed by atoms with E-state index in [1.165, 1.54) is 35.1 Å². The first-order chi connectivity index (χ1) is 14.7. The van der Waals surface area contributed by atoms with Gasteiger partial charge in [-0.3, -0.25) is 4.90 Å². The van der Waals surface area contributed by atoms with E-state index in [0.717, 1.165) is 61.8 Å². The monoisotopic (exact) mass is 409 g/mol. The van der Waals surface area contributed by atoms with Crippen molar-refractivity contribution in [3.63, 3.8) is 0 Å². The van der Waals surface area contributed by atoms with Crippen molar-refractivity contribution < 1.29 is 18.9 Å². The van der Waals surface area contributed by atoms with Crippen molar-refractivity contribution in [2.45, 2.75) is 57.2 Å². The number of hydrogen-bond acceptors (Lipinski definition) is 5. The lowest BCUT2D eigenvalue weighted by atomic mass is 9.83. The molecule has 0 aromatic heterocycles. The Labute approximate surface area is 178 Å². The van der Waals surface area contributed by atoms with Gasteiger partial charge in [0.1, 0.15) is 0 Å². The van der Waals surface area contributed by atoms with Crippen LogP contribution in [0.5, 0.6) is 23.0 Å². The highest BCUT2D eigenvalue weighted by Crippen LogP contribution is 2.46. The van der Waals surface area contributed by atoms with Gasteiger partial charge in [0.25, 0.3) is 0 Å². The van der Waals surface area contributed by atoms with Gasteiger partial charge in [0.15, 0.2) is 23.0 Å². The second-order valence-corrected chi connectivity index (χ2v) is 8.61. The van der Waals surface area contributed by atoms with Gasteiger partial charge in [0.05, 0.1) is 27.4 Å². The normalized spacial score (nSPS) is 20.8. The Kier molecular flexibility index (Phi) is 5.23. The number of fused-ring (bicyclic) bond motifs is 4. The number of ether oxygens (including phenoxy) is 4. The lowest BCUT2D eigenvalue weighted by Gasteiger charge is -2.42. The summed E-state index contributed by atoms with van der Waals surface area (Å²) in [5.41, 5.74) is 5.40. The Hall–Kier alpha value is -2.40. The van der Waals surface area contributed by atoms with E-state index in [4.69, 9.17) is 18.9 Å². The number of nitrogens with zero attached hydrogens (tertiary/aromatic N) is 1. The third-order valence-corrected chi connectivity index (χ3v) is 7.02. The Morgan fingerprint density at radius 3 is 2.33 bits per heavy atom. The molecule has 0 N–H and O–H groups in total. The van der Waals surface area contributed by atoms with Crippen molar-refractivity contribution in [2.24, 2.45) is 0 Å². The zero-order chi connectivity index (χ0) is 20.7. The van der Waals surface area contributed by atoms with E-state index in [0.29, 0.717) is 12.1 Å². The summed E-state index contributed by atoms with van der Waals surface area (Å²) in [6, 6.07) is 8.99. The van der Waals surface area contributed by atoms with E-state index < -0.39 is 0 Å². The number of rotatable bonds is 5. The molecule has 0 spiro atoms. The van der Waals surface area contributed by atoms with Crippen molar-refractivity contribution in [1.29, 1.82) is 0 Å². The molecule has 160 valence electrons. The average Bonchev–Trinajstić information content (AvgIpc) is 3.30. The topological polar surface area (TPSA) is 40.2 Å². The molecule has 0 saturated heterocycles. The van der Waals surface area contributed by atoms with Gasteiger partial charge in [-0.05, 0) is 73.4 Å². The summed E-state index contributed by atoms with van der Waals surface area (Å²) < 4.78 is 23.3. The van der Waals surface area contributed by atoms with Gasteiger partial charge in [0.2, 0.25) is 0 Å². The van der Waals surface area contributed by atoms with Crippen LogP contribution >= 0.6 is 0 Å². The fourth-order valence-corrected chi connectivity index (χ4v) is 5.39. The van der Waals surface area contributed by atoms with Crippen LogP contribution in [-0.2, 0) is 19.4 Å². The minimum absolute atomic E-state index is 0.321. The molecule has 1 saturated carbocycles. The smallest absolute Gasteiger partial charge is 0.166 e. The largest absolute Gasteiger partial charge is 0.493 e. The van der Waals surface area contributed by atoms with Gasteiger partial charge in [-0.25, -0.2) is 0 Å². The van der Waals surface area contributed by atoms with E-state index in [1.54, 1.807) is 21.3 Å². The molecule has 5 rings (SSSR count). The van der Waals surface area contributed by atoms with Gasteiger partial charge in [-0.15, -0.1) is 0 Å². The lowest BCUT2D eigenvalue weighted by Crippen LogP contribution is -2.39. The van der Waals surface area contributed by atoms with Crippen LogP contribution in [0.3, 0.4) is 0 Å². The van der Waals surface area contributed by atoms with Crippen molar-refractivity contribution in [2.75, 3.05) is 27.9 Å². The van der Waals surface area contributed by atoms with Gasteiger partial charge < -0.3 is 18.9 Å². The maximum atomic E-state index is 6.52. The molecule has 1 unspecified atom stereocenters. The van der Waals surface area contributed by atoms with Crippen LogP contribution in [0.4, 0.5) is 0 Å². The average molecular weight is 410 g/mol. The van der Waals surface area contributed by atoms with Crippen LogP contribution in [0.2, 0.25) is 0 Å². The molecule has 1 atom stereocenters. The molecule has 2 aromatic rings. The van der Waals surface area contributed by atoms with Crippen LogP contribution in [0.15, 0.2) is 24.3 Å². The first-order valence-corrected chi connectivity index (χ1v) is 11.1. The standard InChI is InChI=1S/C25H31NO4/c1-27-22-9-8-16-12-21-19-14-24(29-3)23(28-2)13-17(19)10-11-26(21)15-20(16)25(22)30-18-6-4-5-7-18/h8-9,13-14,18,21H,4-7,10-12,15H2,1-3H3. The first-order valence-electron chi connectivity index (χ1n) is 11.1. The molecule has 5 nitrogen and oxygen atoms in total. The van der Waals surface area contributed by atoms with E-state index >= 15 is 0 Å². The van der Waals surface area contributed by atoms with Gasteiger partial charge >= 0.3 is 0 Å². The molecular weight excluding hydrogens is 378 g/mol. The maximum Gasteiger partial charge on any atom is 0.166 e. The summed E-state index contributed by atoms with van der Waals surface area (Å²) >= 11 is 0. The third-order valence-electron chi connectivity index (χ3n) is 7.02. The van der Waals surface area contributed by atoms with Crippen LogP contribution in [0.1, 0.15) is 54.0 Å². The third kappa shape index (κ3) is 3.29. The summed E-state index contributed by atoms with van der Waals surface area (Å²) in [7, 11) is 5.15. The molecule has 0 bridgehead atoms. The van der Waals surface area contributed by atoms with Gasteiger partial charge in [-0.2, -0.15) is 0 Å². The number of hydrogen-bond donors (Lipinski definition) is 0. The highest BCUT2D eigenvalue weighted by molar-refractivity contribution is 5.55. The molecule has 2 aromatic carbocycles. The van der Waals surface area contributed by atoms with Crippen molar-refractivity contribution in [1.82, 2.24) is 4.90 Å². The fraction of sp³-hybridized carbons (Fsp3) is 0.520. The molecule has 0 radical (unpaired) electrons. The zero-order valence-corrected chi connectivity index (χ0v) is 18.2. The molecule has 2 aliphatic heterocycles. The quantitative estimate of drug-likeness (QED) is 0.717. The maximum absolute atomic E-state index is 6.52. The fourth-order valence-electron chi connectivity index (χ4n) is 5.39. The van der Waals surface area contributed by atoms with E-state index in [-0.39, 0.29) is 0 Å². The Morgan fingerprint density at radius 1 is 0.867 bits per heavy atom. The highest BCUT2D eigenvalue weighted by atomic mass is 16.5. The molecule has 2 heterocycles. The molecule has 5 heteroatoms. The zero-order valence-electron chi connectivity index (χ0n) is 18.2. The van der Waals surface area contributed by atoms with Crippen molar-refractivity contribution in [3.8, 4) is 23.0 Å². The van der Waals surface area contributed by atoms with Crippen LogP contribution in [0.25, 0.3) is 0 Å². The van der Waals surface area contributed by atoms with Crippen LogP contribution in [-0.4, -0.2) is 38.9 Å². The van der Waals surface area contributed by atoms with E-state index in [9.17, 15) is 0 Å². The highest BCUT2D eigenvalue weighted by Gasteiger charge is 2.35. The van der Waals surface area contributed by atoms with E-state index in [2.05, 4.69) is 29.2 Å². The molecule has 3 aliphatic rings. The minimum Gasteiger partial charge on any atom is -0.493 e. The molecular formula is C25H31NO4. The summed E-state index contributed by atoms with van der Waals surface area (Å²) in [5.74, 6) is 3.46. The Morgan fingerprint density at radius 2 is 1.60 bits per heavy atom. The van der Waals surface area contributed by atoms with Crippen molar-refractivity contribution in [3.05, 3.63) is 46.5 Å². The molecule has 1 aliphatic carbocycles. The van der Waals surface area contributed by atoms with Crippen LogP contribution < -0.4 is 18.9 Å². The molecule has 30 heavy (non-hydrogen) atoms. The second-order valence-electron chi connectivity index (χ2n) is 8.61. The number of methoxy groups -OCH3 is 3. The summed E-state index contributed by atoms with van der Waals surface area (Å²) in [5, 5.41) is 0. The lowest BCUT2D eigenvalue weighted by molar-refractivity contribution is 0.148. The summed E-state index contributed by atoms with van der Waals surface area (Å²) in [6.45, 7) is 1.93. The predicted molar refractivity (Wildman–Crippen MR) is 116 cm³/mol. The SMILES string of the molecule is COc1cc2c(cc1OC)C1Cc3ccc(OC)c(OC4CCCC4)c3CN1CC2. The van der Waals surface area contributed by atoms with Crippen molar-refractivity contribution >= 4 is 0 Å². The van der Waals surface area contributed by atoms with E-state index in [1.807, 2.05) is 0 Å².